The van der Waals surface area contributed by atoms with E-state index in [0.29, 0.717) is 11.4 Å². The molecule has 8 heteroatoms. The third-order valence-electron chi connectivity index (χ3n) is 3.59. The molecule has 0 radical (unpaired) electrons. The summed E-state index contributed by atoms with van der Waals surface area (Å²) in [6.07, 6.45) is 6.61. The van der Waals surface area contributed by atoms with Gasteiger partial charge in [0.15, 0.2) is 0 Å². The van der Waals surface area contributed by atoms with Crippen LogP contribution in [0, 0.1) is 0 Å². The van der Waals surface area contributed by atoms with Crippen LogP contribution in [0.2, 0.25) is 0 Å². The average molecular weight is 364 g/mol. The molecule has 0 aliphatic carbocycles. The van der Waals surface area contributed by atoms with Crippen LogP contribution in [-0.2, 0) is 26.2 Å². The van der Waals surface area contributed by atoms with Gasteiger partial charge in [-0.05, 0) is 36.1 Å². The monoisotopic (exact) mass is 364 g/mol. The van der Waals surface area contributed by atoms with Crippen LogP contribution in [0.4, 0.5) is 0 Å². The molecule has 0 fully saturated rings. The molecular formula is C16H16N2O4S2. The van der Waals surface area contributed by atoms with Crippen LogP contribution in [0.25, 0.3) is 0 Å². The molecule has 1 aromatic rings. The summed E-state index contributed by atoms with van der Waals surface area (Å²) in [6, 6.07) is 7.80. The van der Waals surface area contributed by atoms with Gasteiger partial charge in [-0.25, -0.2) is 13.2 Å². The molecule has 0 N–H and O–H groups in total. The number of hydrogen-bond donors (Lipinski definition) is 0. The van der Waals surface area contributed by atoms with Crippen LogP contribution in [0.15, 0.2) is 57.5 Å². The molecule has 0 aromatic heterocycles. The van der Waals surface area contributed by atoms with Crippen LogP contribution in [0.5, 0.6) is 0 Å². The van der Waals surface area contributed by atoms with Crippen molar-refractivity contribution in [3.63, 3.8) is 0 Å². The van der Waals surface area contributed by atoms with Crippen molar-refractivity contribution in [1.29, 1.82) is 0 Å². The van der Waals surface area contributed by atoms with E-state index in [0.717, 1.165) is 10.5 Å². The standard InChI is InChI=1S/C16H16N2O4S2/c1-23-14-5-2-12(3-6-14)11-22-16(19)13-4-7-15-17-24(20,21)9-8-18(15)10-13/h2-7,10H,8-9,11H2,1H3. The summed E-state index contributed by atoms with van der Waals surface area (Å²) in [5, 5.41) is 0. The van der Waals surface area contributed by atoms with Gasteiger partial charge in [0.2, 0.25) is 0 Å². The van der Waals surface area contributed by atoms with Crippen molar-refractivity contribution < 1.29 is 17.9 Å². The first-order valence-corrected chi connectivity index (χ1v) is 10.1. The molecule has 0 saturated carbocycles. The predicted molar refractivity (Wildman–Crippen MR) is 93.2 cm³/mol. The molecule has 0 amide bonds. The Bertz CT molecular complexity index is 839. The van der Waals surface area contributed by atoms with Crippen molar-refractivity contribution in [2.45, 2.75) is 11.5 Å². The Morgan fingerprint density at radius 3 is 2.75 bits per heavy atom. The zero-order valence-corrected chi connectivity index (χ0v) is 14.6. The summed E-state index contributed by atoms with van der Waals surface area (Å²) in [5.41, 5.74) is 1.28. The van der Waals surface area contributed by atoms with E-state index in [4.69, 9.17) is 4.74 Å². The lowest BCUT2D eigenvalue weighted by Crippen LogP contribution is -2.37. The lowest BCUT2D eigenvalue weighted by atomic mass is 10.2. The van der Waals surface area contributed by atoms with Crippen molar-refractivity contribution in [3.8, 4) is 0 Å². The lowest BCUT2D eigenvalue weighted by molar-refractivity contribution is -0.139. The summed E-state index contributed by atoms with van der Waals surface area (Å²) in [6.45, 7) is 0.465. The second-order valence-corrected chi connectivity index (χ2v) is 7.91. The smallest absolute Gasteiger partial charge is 0.339 e. The summed E-state index contributed by atoms with van der Waals surface area (Å²) < 4.78 is 31.9. The van der Waals surface area contributed by atoms with E-state index in [1.165, 1.54) is 12.2 Å². The maximum Gasteiger partial charge on any atom is 0.339 e. The second-order valence-electron chi connectivity index (χ2n) is 5.27. The lowest BCUT2D eigenvalue weighted by Gasteiger charge is -2.26. The number of thioether (sulfide) groups is 1. The van der Waals surface area contributed by atoms with E-state index >= 15 is 0 Å². The third-order valence-corrected chi connectivity index (χ3v) is 5.50. The van der Waals surface area contributed by atoms with Gasteiger partial charge in [0, 0.05) is 17.6 Å². The predicted octanol–water partition coefficient (Wildman–Crippen LogP) is 1.95. The first-order valence-electron chi connectivity index (χ1n) is 7.26. The number of amidine groups is 1. The van der Waals surface area contributed by atoms with Crippen molar-refractivity contribution >= 4 is 33.6 Å². The summed E-state index contributed by atoms with van der Waals surface area (Å²) in [4.78, 5) is 15.0. The summed E-state index contributed by atoms with van der Waals surface area (Å²) in [7, 11) is -3.40. The number of carbonyl (C=O) groups is 1. The summed E-state index contributed by atoms with van der Waals surface area (Å²) >= 11 is 1.65. The molecule has 2 heterocycles. The van der Waals surface area contributed by atoms with Crippen molar-refractivity contribution in [2.75, 3.05) is 18.6 Å². The number of sulfonamides is 1. The molecule has 1 aromatic carbocycles. The average Bonchev–Trinajstić information content (AvgIpc) is 2.59. The third kappa shape index (κ3) is 3.88. The number of fused-ring (bicyclic) bond motifs is 1. The van der Waals surface area contributed by atoms with E-state index in [1.807, 2.05) is 30.5 Å². The van der Waals surface area contributed by atoms with Gasteiger partial charge in [-0.1, -0.05) is 12.1 Å². The van der Waals surface area contributed by atoms with E-state index < -0.39 is 16.0 Å². The van der Waals surface area contributed by atoms with E-state index in [1.54, 1.807) is 22.9 Å². The molecule has 2 aliphatic heterocycles. The van der Waals surface area contributed by atoms with Gasteiger partial charge in [-0.3, -0.25) is 0 Å². The Morgan fingerprint density at radius 1 is 1.29 bits per heavy atom. The maximum atomic E-state index is 12.2. The Labute approximate surface area is 145 Å². The molecule has 0 bridgehead atoms. The summed E-state index contributed by atoms with van der Waals surface area (Å²) in [5.74, 6) is -0.191. The first-order chi connectivity index (χ1) is 11.5. The molecule has 2 aliphatic rings. The van der Waals surface area contributed by atoms with Crippen molar-refractivity contribution in [3.05, 3.63) is 53.8 Å². The molecular weight excluding hydrogens is 348 g/mol. The fourth-order valence-corrected chi connectivity index (χ4v) is 3.65. The van der Waals surface area contributed by atoms with Gasteiger partial charge in [-0.2, -0.15) is 0 Å². The largest absolute Gasteiger partial charge is 0.457 e. The van der Waals surface area contributed by atoms with E-state index in [-0.39, 0.29) is 18.9 Å². The molecule has 6 nitrogen and oxygen atoms in total. The first kappa shape index (κ1) is 16.8. The Balaban J connectivity index is 1.64. The zero-order chi connectivity index (χ0) is 17.2. The van der Waals surface area contributed by atoms with Gasteiger partial charge in [0.1, 0.15) is 12.4 Å². The molecule has 0 saturated heterocycles. The molecule has 126 valence electrons. The molecule has 0 spiro atoms. The number of ether oxygens (including phenoxy) is 1. The van der Waals surface area contributed by atoms with E-state index in [2.05, 4.69) is 4.40 Å². The second kappa shape index (κ2) is 6.82. The normalized spacial score (nSPS) is 18.5. The van der Waals surface area contributed by atoms with Crippen LogP contribution in [0.3, 0.4) is 0 Å². The highest BCUT2D eigenvalue weighted by molar-refractivity contribution is 7.98. The number of nitrogens with zero attached hydrogens (tertiary/aromatic N) is 2. The molecule has 24 heavy (non-hydrogen) atoms. The minimum Gasteiger partial charge on any atom is -0.457 e. The minimum absolute atomic E-state index is 0.0645. The Kier molecular flexibility index (Phi) is 4.77. The van der Waals surface area contributed by atoms with Crippen molar-refractivity contribution in [2.24, 2.45) is 4.40 Å². The number of benzene rings is 1. The van der Waals surface area contributed by atoms with Crippen LogP contribution >= 0.6 is 11.8 Å². The van der Waals surface area contributed by atoms with Gasteiger partial charge in [-0.15, -0.1) is 16.2 Å². The zero-order valence-electron chi connectivity index (χ0n) is 13.0. The minimum atomic E-state index is -3.40. The van der Waals surface area contributed by atoms with Crippen LogP contribution < -0.4 is 0 Å². The van der Waals surface area contributed by atoms with E-state index in [9.17, 15) is 13.2 Å². The van der Waals surface area contributed by atoms with Gasteiger partial charge >= 0.3 is 5.97 Å². The van der Waals surface area contributed by atoms with Crippen molar-refractivity contribution in [1.82, 2.24) is 4.90 Å². The maximum absolute atomic E-state index is 12.2. The molecule has 0 unspecified atom stereocenters. The highest BCUT2D eigenvalue weighted by Crippen LogP contribution is 2.18. The topological polar surface area (TPSA) is 76.0 Å². The highest BCUT2D eigenvalue weighted by atomic mass is 32.2. The number of hydrogen-bond acceptors (Lipinski definition) is 6. The van der Waals surface area contributed by atoms with Gasteiger partial charge < -0.3 is 9.64 Å². The quantitative estimate of drug-likeness (QED) is 0.600. The fraction of sp³-hybridized carbons (Fsp3) is 0.250. The van der Waals surface area contributed by atoms with Crippen LogP contribution in [-0.4, -0.2) is 43.7 Å². The van der Waals surface area contributed by atoms with Gasteiger partial charge in [0.25, 0.3) is 10.0 Å². The number of carbonyl (C=O) groups excluding carboxylic acids is 1. The highest BCUT2D eigenvalue weighted by Gasteiger charge is 2.25. The SMILES string of the molecule is CSc1ccc(COC(=O)C2=CN3CCS(=O)(=O)N=C3C=C2)cc1. The fourth-order valence-electron chi connectivity index (χ4n) is 2.28. The number of rotatable bonds is 4. The molecule has 0 atom stereocenters. The Hall–Kier alpha value is -2.06. The van der Waals surface area contributed by atoms with Gasteiger partial charge in [0.05, 0.1) is 11.3 Å². The Morgan fingerprint density at radius 2 is 2.04 bits per heavy atom. The number of esters is 1. The molecule has 3 rings (SSSR count). The van der Waals surface area contributed by atoms with Crippen LogP contribution in [0.1, 0.15) is 5.56 Å².